The quantitative estimate of drug-likeness (QED) is 0.838. The maximum Gasteiger partial charge on any atom is 0.253 e. The molecule has 2 fully saturated rings. The number of nitrogens with zero attached hydrogens (tertiary/aromatic N) is 2. The van der Waals surface area contributed by atoms with E-state index in [4.69, 9.17) is 0 Å². The highest BCUT2D eigenvalue weighted by Crippen LogP contribution is 2.27. The molecule has 1 aromatic carbocycles. The van der Waals surface area contributed by atoms with E-state index >= 15 is 0 Å². The monoisotopic (exact) mass is 350 g/mol. The number of rotatable bonds is 5. The summed E-state index contributed by atoms with van der Waals surface area (Å²) in [7, 11) is 0. The molecule has 6 heteroatoms. The van der Waals surface area contributed by atoms with E-state index in [-0.39, 0.29) is 36.8 Å². The largest absolute Gasteiger partial charge is 0.396 e. The fraction of sp³-hybridized carbons (Fsp3) is 0.632. The number of amides is 1. The Morgan fingerprint density at radius 3 is 2.28 bits per heavy atom. The molecule has 0 unspecified atom stereocenters. The van der Waals surface area contributed by atoms with Crippen LogP contribution >= 0.6 is 0 Å². The highest BCUT2D eigenvalue weighted by Gasteiger charge is 2.36. The molecule has 138 valence electrons. The van der Waals surface area contributed by atoms with Crippen LogP contribution in [0, 0.1) is 23.6 Å². The first-order valence-corrected chi connectivity index (χ1v) is 9.09. The Kier molecular flexibility index (Phi) is 6.04. The molecule has 2 heterocycles. The molecule has 2 atom stereocenters. The van der Waals surface area contributed by atoms with Crippen molar-refractivity contribution in [3.05, 3.63) is 35.6 Å². The lowest BCUT2D eigenvalue weighted by Crippen LogP contribution is -2.40. The average Bonchev–Trinajstić information content (AvgIpc) is 3.05. The summed E-state index contributed by atoms with van der Waals surface area (Å²) < 4.78 is 13.0. The third-order valence-corrected chi connectivity index (χ3v) is 5.65. The smallest absolute Gasteiger partial charge is 0.253 e. The lowest BCUT2D eigenvalue weighted by molar-refractivity contribution is 0.0776. The second kappa shape index (κ2) is 8.25. The van der Waals surface area contributed by atoms with Crippen molar-refractivity contribution in [1.29, 1.82) is 0 Å². The van der Waals surface area contributed by atoms with E-state index in [1.54, 1.807) is 4.90 Å². The molecule has 5 nitrogen and oxygen atoms in total. The van der Waals surface area contributed by atoms with Crippen molar-refractivity contribution < 1.29 is 19.4 Å². The van der Waals surface area contributed by atoms with Gasteiger partial charge in [0.15, 0.2) is 0 Å². The van der Waals surface area contributed by atoms with Gasteiger partial charge in [-0.2, -0.15) is 0 Å². The number of aliphatic hydroxyl groups is 2. The molecule has 1 aromatic rings. The van der Waals surface area contributed by atoms with Crippen LogP contribution in [0.15, 0.2) is 24.3 Å². The lowest BCUT2D eigenvalue weighted by atomic mass is 9.93. The molecule has 2 aliphatic rings. The third-order valence-electron chi connectivity index (χ3n) is 5.65. The summed E-state index contributed by atoms with van der Waals surface area (Å²) in [6, 6.07) is 5.63. The van der Waals surface area contributed by atoms with Gasteiger partial charge < -0.3 is 20.0 Å². The van der Waals surface area contributed by atoms with Gasteiger partial charge in [-0.15, -0.1) is 0 Å². The van der Waals surface area contributed by atoms with E-state index in [2.05, 4.69) is 4.90 Å². The highest BCUT2D eigenvalue weighted by molar-refractivity contribution is 5.94. The van der Waals surface area contributed by atoms with Crippen molar-refractivity contribution in [3.8, 4) is 0 Å². The zero-order valence-corrected chi connectivity index (χ0v) is 14.5. The second-order valence-electron chi connectivity index (χ2n) is 7.35. The number of hydrogen-bond donors (Lipinski definition) is 2. The van der Waals surface area contributed by atoms with Gasteiger partial charge in [-0.25, -0.2) is 4.39 Å². The Balaban J connectivity index is 1.58. The molecule has 1 amide bonds. The van der Waals surface area contributed by atoms with Crippen LogP contribution in [0.5, 0.6) is 0 Å². The van der Waals surface area contributed by atoms with Crippen LogP contribution in [0.25, 0.3) is 0 Å². The van der Waals surface area contributed by atoms with Crippen molar-refractivity contribution in [3.63, 3.8) is 0 Å². The zero-order valence-electron chi connectivity index (χ0n) is 14.5. The molecular weight excluding hydrogens is 323 g/mol. The van der Waals surface area contributed by atoms with Gasteiger partial charge in [-0.1, -0.05) is 0 Å². The Labute approximate surface area is 148 Å². The summed E-state index contributed by atoms with van der Waals surface area (Å²) in [5.41, 5.74) is 0.488. The van der Waals surface area contributed by atoms with Crippen LogP contribution in [0.2, 0.25) is 0 Å². The molecule has 0 spiro atoms. The Bertz CT molecular complexity index is 573. The maximum atomic E-state index is 13.0. The first-order valence-electron chi connectivity index (χ1n) is 9.09. The SMILES string of the molecule is O=C(c1ccc(F)cc1)N1C[C@@H](CO)[C@@H](CN2CCC(CO)CC2)C1. The lowest BCUT2D eigenvalue weighted by Gasteiger charge is -2.33. The number of hydrogen-bond acceptors (Lipinski definition) is 4. The third kappa shape index (κ3) is 4.37. The standard InChI is InChI=1S/C19H27FN2O3/c20-18-3-1-15(2-4-18)19(25)22-10-16(17(11-22)13-24)9-21-7-5-14(12-23)6-8-21/h1-4,14,16-17,23-24H,5-13H2/t16-,17-/m0/s1. The summed E-state index contributed by atoms with van der Waals surface area (Å²) >= 11 is 0. The number of likely N-dealkylation sites (tertiary alicyclic amines) is 2. The maximum absolute atomic E-state index is 13.0. The van der Waals surface area contributed by atoms with Crippen molar-refractivity contribution in [2.75, 3.05) is 45.9 Å². The average molecular weight is 350 g/mol. The van der Waals surface area contributed by atoms with Crippen LogP contribution in [0.4, 0.5) is 4.39 Å². The number of aliphatic hydroxyl groups excluding tert-OH is 2. The predicted octanol–water partition coefficient (Wildman–Crippen LogP) is 1.21. The van der Waals surface area contributed by atoms with Gasteiger partial charge in [0, 0.05) is 44.3 Å². The van der Waals surface area contributed by atoms with Crippen molar-refractivity contribution >= 4 is 5.91 Å². The molecule has 2 aliphatic heterocycles. The molecule has 0 aliphatic carbocycles. The summed E-state index contributed by atoms with van der Waals surface area (Å²) in [5, 5.41) is 19.0. The molecule has 3 rings (SSSR count). The van der Waals surface area contributed by atoms with Gasteiger partial charge >= 0.3 is 0 Å². The Hall–Kier alpha value is -1.50. The number of piperidine rings is 1. The fourth-order valence-electron chi connectivity index (χ4n) is 3.98. The Morgan fingerprint density at radius 1 is 1.04 bits per heavy atom. The van der Waals surface area contributed by atoms with E-state index in [0.29, 0.717) is 24.6 Å². The van der Waals surface area contributed by atoms with E-state index < -0.39 is 0 Å². The molecule has 0 saturated carbocycles. The summed E-state index contributed by atoms with van der Waals surface area (Å²) in [6.45, 7) is 4.31. The van der Waals surface area contributed by atoms with Crippen molar-refractivity contribution in [2.45, 2.75) is 12.8 Å². The van der Waals surface area contributed by atoms with E-state index in [9.17, 15) is 19.4 Å². The Morgan fingerprint density at radius 2 is 1.68 bits per heavy atom. The predicted molar refractivity (Wildman–Crippen MR) is 92.6 cm³/mol. The summed E-state index contributed by atoms with van der Waals surface area (Å²) in [5.74, 6) is 0.292. The normalized spacial score (nSPS) is 25.5. The van der Waals surface area contributed by atoms with E-state index in [1.807, 2.05) is 0 Å². The summed E-state index contributed by atoms with van der Waals surface area (Å²) in [6.07, 6.45) is 2.01. The number of carbonyl (C=O) groups excluding carboxylic acids is 1. The van der Waals surface area contributed by atoms with Crippen molar-refractivity contribution in [1.82, 2.24) is 9.80 Å². The first-order chi connectivity index (χ1) is 12.1. The van der Waals surface area contributed by atoms with Gasteiger partial charge in [0.1, 0.15) is 5.82 Å². The van der Waals surface area contributed by atoms with E-state index in [0.717, 1.165) is 32.5 Å². The van der Waals surface area contributed by atoms with E-state index in [1.165, 1.54) is 24.3 Å². The number of halogens is 1. The number of benzene rings is 1. The van der Waals surface area contributed by atoms with Gasteiger partial charge in [0.05, 0.1) is 0 Å². The fourth-order valence-corrected chi connectivity index (χ4v) is 3.98. The first kappa shape index (κ1) is 18.3. The zero-order chi connectivity index (χ0) is 17.8. The van der Waals surface area contributed by atoms with Crippen LogP contribution in [0.1, 0.15) is 23.2 Å². The van der Waals surface area contributed by atoms with Crippen LogP contribution in [0.3, 0.4) is 0 Å². The van der Waals surface area contributed by atoms with Crippen LogP contribution in [-0.4, -0.2) is 71.9 Å². The summed E-state index contributed by atoms with van der Waals surface area (Å²) in [4.78, 5) is 16.8. The molecule has 0 radical (unpaired) electrons. The highest BCUT2D eigenvalue weighted by atomic mass is 19.1. The number of carbonyl (C=O) groups is 1. The minimum Gasteiger partial charge on any atom is -0.396 e. The molecule has 25 heavy (non-hydrogen) atoms. The second-order valence-corrected chi connectivity index (χ2v) is 7.35. The molecule has 2 saturated heterocycles. The van der Waals surface area contributed by atoms with Gasteiger partial charge in [0.25, 0.3) is 5.91 Å². The molecule has 0 bridgehead atoms. The molecule has 0 aromatic heterocycles. The minimum absolute atomic E-state index is 0.0744. The molecular formula is C19H27FN2O3. The van der Waals surface area contributed by atoms with Crippen LogP contribution < -0.4 is 0 Å². The molecule has 2 N–H and O–H groups in total. The van der Waals surface area contributed by atoms with Crippen LogP contribution in [-0.2, 0) is 0 Å². The minimum atomic E-state index is -0.352. The van der Waals surface area contributed by atoms with Gasteiger partial charge in [-0.3, -0.25) is 4.79 Å². The topological polar surface area (TPSA) is 64.0 Å². The van der Waals surface area contributed by atoms with Gasteiger partial charge in [-0.05, 0) is 62.0 Å². The van der Waals surface area contributed by atoms with Gasteiger partial charge in [0.2, 0.25) is 0 Å². The van der Waals surface area contributed by atoms with Crippen molar-refractivity contribution in [2.24, 2.45) is 17.8 Å².